The van der Waals surface area contributed by atoms with Crippen molar-refractivity contribution < 1.29 is 14.3 Å². The molecule has 22 heavy (non-hydrogen) atoms. The number of amides is 2. The van der Waals surface area contributed by atoms with Crippen LogP contribution in [0.4, 0.5) is 0 Å². The van der Waals surface area contributed by atoms with E-state index >= 15 is 0 Å². The van der Waals surface area contributed by atoms with Gasteiger partial charge in [-0.1, -0.05) is 0 Å². The molecule has 1 aliphatic heterocycles. The molecule has 0 spiro atoms. The predicted molar refractivity (Wildman–Crippen MR) is 77.3 cm³/mol. The maximum absolute atomic E-state index is 12.5. The molecule has 2 aromatic rings. The van der Waals surface area contributed by atoms with Crippen LogP contribution in [0.1, 0.15) is 23.2 Å². The molecule has 1 aliphatic rings. The Kier molecular flexibility index (Phi) is 3.76. The first-order chi connectivity index (χ1) is 10.6. The fourth-order valence-corrected chi connectivity index (χ4v) is 2.62. The number of aromatic nitrogens is 3. The van der Waals surface area contributed by atoms with Crippen molar-refractivity contribution in [3.8, 4) is 0 Å². The third-order valence-corrected chi connectivity index (χ3v) is 3.91. The summed E-state index contributed by atoms with van der Waals surface area (Å²) in [5, 5.41) is 13.2. The zero-order valence-corrected chi connectivity index (χ0v) is 12.2. The Morgan fingerprint density at radius 1 is 1.32 bits per heavy atom. The number of nitrogens with zero attached hydrogens (tertiary/aromatic N) is 3. The van der Waals surface area contributed by atoms with Crippen molar-refractivity contribution in [2.45, 2.75) is 18.4 Å². The Bertz CT molecular complexity index is 705. The van der Waals surface area contributed by atoms with E-state index in [1.165, 1.54) is 6.33 Å². The average molecular weight is 303 g/mol. The number of nitrogens with one attached hydrogen (secondary N) is 2. The molecule has 0 unspecified atom stereocenters. The Hall–Kier alpha value is -2.48. The van der Waals surface area contributed by atoms with E-state index < -0.39 is 5.54 Å². The van der Waals surface area contributed by atoms with E-state index in [2.05, 4.69) is 20.8 Å². The van der Waals surface area contributed by atoms with Gasteiger partial charge in [-0.15, -0.1) is 10.2 Å². The standard InChI is InChI=1S/C14H17N5O3/c1-15-13(21)14(4-6-22-7-5-14)17-12(20)10-2-3-11-18-16-9-19(11)8-10/h2-3,8-9H,4-7H2,1H3,(H,15,21)(H,17,20). The van der Waals surface area contributed by atoms with Crippen LogP contribution in [-0.4, -0.2) is 52.2 Å². The SMILES string of the molecule is CNC(=O)C1(NC(=O)c2ccc3nncn3c2)CCOCC1. The Labute approximate surface area is 126 Å². The van der Waals surface area contributed by atoms with E-state index in [0.29, 0.717) is 37.3 Å². The van der Waals surface area contributed by atoms with E-state index in [1.807, 2.05) is 0 Å². The quantitative estimate of drug-likeness (QED) is 0.815. The molecule has 1 saturated heterocycles. The number of rotatable bonds is 3. The summed E-state index contributed by atoms with van der Waals surface area (Å²) in [6.07, 6.45) is 4.07. The lowest BCUT2D eigenvalue weighted by Crippen LogP contribution is -2.60. The highest BCUT2D eigenvalue weighted by Gasteiger charge is 2.41. The normalized spacial score (nSPS) is 17.1. The fourth-order valence-electron chi connectivity index (χ4n) is 2.62. The second kappa shape index (κ2) is 5.72. The zero-order chi connectivity index (χ0) is 15.6. The van der Waals surface area contributed by atoms with Crippen LogP contribution in [0.5, 0.6) is 0 Å². The summed E-state index contributed by atoms with van der Waals surface area (Å²) in [4.78, 5) is 24.7. The maximum atomic E-state index is 12.5. The van der Waals surface area contributed by atoms with Crippen LogP contribution in [-0.2, 0) is 9.53 Å². The third-order valence-electron chi connectivity index (χ3n) is 3.91. The second-order valence-electron chi connectivity index (χ2n) is 5.24. The van der Waals surface area contributed by atoms with Crippen LogP contribution in [0.2, 0.25) is 0 Å². The van der Waals surface area contributed by atoms with E-state index in [9.17, 15) is 9.59 Å². The van der Waals surface area contributed by atoms with Gasteiger partial charge in [-0.05, 0) is 12.1 Å². The lowest BCUT2D eigenvalue weighted by atomic mass is 9.88. The van der Waals surface area contributed by atoms with Crippen LogP contribution < -0.4 is 10.6 Å². The lowest BCUT2D eigenvalue weighted by Gasteiger charge is -2.36. The molecule has 0 bridgehead atoms. The third kappa shape index (κ3) is 2.52. The van der Waals surface area contributed by atoms with Crippen LogP contribution >= 0.6 is 0 Å². The van der Waals surface area contributed by atoms with Gasteiger partial charge in [0.2, 0.25) is 5.91 Å². The molecule has 8 heteroatoms. The Balaban J connectivity index is 1.85. The Morgan fingerprint density at radius 2 is 2.09 bits per heavy atom. The number of carbonyl (C=O) groups excluding carboxylic acids is 2. The molecule has 2 N–H and O–H groups in total. The van der Waals surface area contributed by atoms with Gasteiger partial charge in [0.05, 0.1) is 5.56 Å². The molecule has 1 fully saturated rings. The van der Waals surface area contributed by atoms with Gasteiger partial charge >= 0.3 is 0 Å². The van der Waals surface area contributed by atoms with Crippen molar-refractivity contribution in [2.75, 3.05) is 20.3 Å². The van der Waals surface area contributed by atoms with Crippen LogP contribution in [0.25, 0.3) is 5.65 Å². The van der Waals surface area contributed by atoms with Crippen molar-refractivity contribution >= 4 is 17.5 Å². The highest BCUT2D eigenvalue weighted by molar-refractivity contribution is 5.99. The lowest BCUT2D eigenvalue weighted by molar-refractivity contribution is -0.130. The van der Waals surface area contributed by atoms with E-state index in [1.54, 1.807) is 29.8 Å². The van der Waals surface area contributed by atoms with Crippen LogP contribution in [0.3, 0.4) is 0 Å². The number of hydrogen-bond acceptors (Lipinski definition) is 5. The summed E-state index contributed by atoms with van der Waals surface area (Å²) in [6.45, 7) is 0.885. The molecule has 2 aromatic heterocycles. The first-order valence-electron chi connectivity index (χ1n) is 7.06. The van der Waals surface area contributed by atoms with Gasteiger partial charge in [-0.3, -0.25) is 14.0 Å². The van der Waals surface area contributed by atoms with Gasteiger partial charge in [-0.25, -0.2) is 0 Å². The molecule has 8 nitrogen and oxygen atoms in total. The van der Waals surface area contributed by atoms with Gasteiger partial charge < -0.3 is 15.4 Å². The molecule has 0 saturated carbocycles. The van der Waals surface area contributed by atoms with E-state index in [4.69, 9.17) is 4.74 Å². The monoisotopic (exact) mass is 303 g/mol. The molecule has 3 heterocycles. The van der Waals surface area contributed by atoms with Crippen molar-refractivity contribution in [2.24, 2.45) is 0 Å². The van der Waals surface area contributed by atoms with Gasteiger partial charge in [0.15, 0.2) is 5.65 Å². The zero-order valence-electron chi connectivity index (χ0n) is 12.2. The molecule has 0 atom stereocenters. The first-order valence-corrected chi connectivity index (χ1v) is 7.06. The number of carbonyl (C=O) groups is 2. The predicted octanol–water partition coefficient (Wildman–Crippen LogP) is -0.246. The highest BCUT2D eigenvalue weighted by Crippen LogP contribution is 2.21. The van der Waals surface area contributed by atoms with Crippen molar-refractivity contribution in [1.82, 2.24) is 25.2 Å². The van der Waals surface area contributed by atoms with Crippen molar-refractivity contribution in [1.29, 1.82) is 0 Å². The highest BCUT2D eigenvalue weighted by atomic mass is 16.5. The van der Waals surface area contributed by atoms with E-state index in [-0.39, 0.29) is 11.8 Å². The largest absolute Gasteiger partial charge is 0.381 e. The summed E-state index contributed by atoms with van der Waals surface area (Å²) in [7, 11) is 1.56. The Morgan fingerprint density at radius 3 is 2.82 bits per heavy atom. The minimum atomic E-state index is -0.924. The minimum absolute atomic E-state index is 0.200. The maximum Gasteiger partial charge on any atom is 0.253 e. The van der Waals surface area contributed by atoms with Gasteiger partial charge in [-0.2, -0.15) is 0 Å². The minimum Gasteiger partial charge on any atom is -0.381 e. The average Bonchev–Trinajstić information content (AvgIpc) is 3.02. The topological polar surface area (TPSA) is 97.6 Å². The molecule has 3 rings (SSSR count). The number of hydrogen-bond donors (Lipinski definition) is 2. The molecule has 116 valence electrons. The number of fused-ring (bicyclic) bond motifs is 1. The second-order valence-corrected chi connectivity index (χ2v) is 5.24. The number of ether oxygens (including phenoxy) is 1. The molecule has 2 amide bonds. The fraction of sp³-hybridized carbons (Fsp3) is 0.429. The van der Waals surface area contributed by atoms with Gasteiger partial charge in [0.25, 0.3) is 5.91 Å². The molecule has 0 aromatic carbocycles. The van der Waals surface area contributed by atoms with Crippen LogP contribution in [0, 0.1) is 0 Å². The van der Waals surface area contributed by atoms with Crippen LogP contribution in [0.15, 0.2) is 24.7 Å². The van der Waals surface area contributed by atoms with Gasteiger partial charge in [0.1, 0.15) is 11.9 Å². The van der Waals surface area contributed by atoms with Crippen molar-refractivity contribution in [3.05, 3.63) is 30.2 Å². The molecular formula is C14H17N5O3. The van der Waals surface area contributed by atoms with Gasteiger partial charge in [0, 0.05) is 39.3 Å². The summed E-state index contributed by atoms with van der Waals surface area (Å²) in [5.74, 6) is -0.504. The summed E-state index contributed by atoms with van der Waals surface area (Å²) in [6, 6.07) is 3.37. The van der Waals surface area contributed by atoms with Crippen molar-refractivity contribution in [3.63, 3.8) is 0 Å². The molecular weight excluding hydrogens is 286 g/mol. The summed E-state index contributed by atoms with van der Waals surface area (Å²) >= 11 is 0. The number of likely N-dealkylation sites (N-methyl/N-ethyl adjacent to an activating group) is 1. The first kappa shape index (κ1) is 14.5. The van der Waals surface area contributed by atoms with E-state index in [0.717, 1.165) is 0 Å². The molecule has 0 aliphatic carbocycles. The number of pyridine rings is 1. The summed E-state index contributed by atoms with van der Waals surface area (Å²) in [5.41, 5.74) is 0.178. The smallest absolute Gasteiger partial charge is 0.253 e. The summed E-state index contributed by atoms with van der Waals surface area (Å²) < 4.78 is 6.96. The molecule has 0 radical (unpaired) electrons.